The molecule has 2 atom stereocenters. The van der Waals surface area contributed by atoms with Crippen molar-refractivity contribution in [1.29, 1.82) is 0 Å². The van der Waals surface area contributed by atoms with Crippen molar-refractivity contribution in [1.82, 2.24) is 4.90 Å². The van der Waals surface area contributed by atoms with E-state index in [2.05, 4.69) is 0 Å². The first-order chi connectivity index (χ1) is 7.06. The molecule has 0 radical (unpaired) electrons. The molecular formula is C11H20ClNO2. The molecule has 0 aromatic carbocycles. The highest BCUT2D eigenvalue weighted by atomic mass is 35.5. The predicted octanol–water partition coefficient (Wildman–Crippen LogP) is 1.74. The number of methoxy groups -OCH3 is 1. The molecule has 0 aromatic heterocycles. The van der Waals surface area contributed by atoms with Crippen LogP contribution in [0.1, 0.15) is 19.8 Å². The zero-order chi connectivity index (χ0) is 11.4. The van der Waals surface area contributed by atoms with Crippen molar-refractivity contribution < 1.29 is 9.53 Å². The smallest absolute Gasteiger partial charge is 0.225 e. The fraction of sp³-hybridized carbons (Fsp3) is 0.909. The first-order valence-corrected chi connectivity index (χ1v) is 5.88. The third kappa shape index (κ3) is 3.99. The van der Waals surface area contributed by atoms with Gasteiger partial charge in [-0.15, -0.1) is 11.6 Å². The van der Waals surface area contributed by atoms with Crippen LogP contribution in [-0.2, 0) is 9.53 Å². The Morgan fingerprint density at radius 3 is 2.67 bits per heavy atom. The van der Waals surface area contributed by atoms with Crippen LogP contribution in [0.3, 0.4) is 0 Å². The van der Waals surface area contributed by atoms with E-state index in [1.54, 1.807) is 12.0 Å². The summed E-state index contributed by atoms with van der Waals surface area (Å²) >= 11 is 6.00. The molecule has 1 amide bonds. The van der Waals surface area contributed by atoms with E-state index < -0.39 is 0 Å². The lowest BCUT2D eigenvalue weighted by molar-refractivity contribution is -0.134. The van der Waals surface area contributed by atoms with Crippen molar-refractivity contribution in [3.8, 4) is 0 Å². The second-order valence-electron chi connectivity index (χ2n) is 4.40. The fourth-order valence-corrected chi connectivity index (χ4v) is 2.10. The quantitative estimate of drug-likeness (QED) is 0.655. The van der Waals surface area contributed by atoms with Gasteiger partial charge in [0.25, 0.3) is 0 Å². The van der Waals surface area contributed by atoms with E-state index in [0.717, 1.165) is 0 Å². The minimum Gasteiger partial charge on any atom is -0.383 e. The zero-order valence-electron chi connectivity index (χ0n) is 9.70. The number of hydrogen-bond donors (Lipinski definition) is 0. The molecule has 1 rings (SSSR count). The highest BCUT2D eigenvalue weighted by molar-refractivity contribution is 6.21. The summed E-state index contributed by atoms with van der Waals surface area (Å²) in [5.74, 6) is 0.969. The standard InChI is InChI=1S/C11H20ClNO2/c1-8(9-4-5-9)11(14)13(2)6-10(12)7-15-3/h8-10H,4-7H2,1-3H3. The number of rotatable bonds is 6. The summed E-state index contributed by atoms with van der Waals surface area (Å²) in [7, 11) is 3.43. The summed E-state index contributed by atoms with van der Waals surface area (Å²) in [6, 6.07) is 0. The monoisotopic (exact) mass is 233 g/mol. The lowest BCUT2D eigenvalue weighted by Gasteiger charge is -2.23. The van der Waals surface area contributed by atoms with Gasteiger partial charge in [0.15, 0.2) is 0 Å². The molecule has 0 heterocycles. The Morgan fingerprint density at radius 1 is 1.60 bits per heavy atom. The summed E-state index contributed by atoms with van der Waals surface area (Å²) < 4.78 is 4.93. The van der Waals surface area contributed by atoms with Crippen LogP contribution in [-0.4, -0.2) is 43.5 Å². The number of alkyl halides is 1. The maximum atomic E-state index is 11.9. The van der Waals surface area contributed by atoms with Gasteiger partial charge in [0, 0.05) is 26.6 Å². The normalized spacial score (nSPS) is 19.7. The van der Waals surface area contributed by atoms with Crippen molar-refractivity contribution in [2.45, 2.75) is 25.1 Å². The molecule has 0 aliphatic heterocycles. The van der Waals surface area contributed by atoms with E-state index in [-0.39, 0.29) is 17.2 Å². The third-order valence-corrected chi connectivity index (χ3v) is 3.18. The van der Waals surface area contributed by atoms with E-state index in [4.69, 9.17) is 16.3 Å². The lowest BCUT2D eigenvalue weighted by atomic mass is 10.1. The van der Waals surface area contributed by atoms with Gasteiger partial charge in [0.1, 0.15) is 0 Å². The molecule has 0 N–H and O–H groups in total. The van der Waals surface area contributed by atoms with Crippen LogP contribution in [0.4, 0.5) is 0 Å². The molecule has 88 valence electrons. The minimum atomic E-state index is -0.115. The van der Waals surface area contributed by atoms with Gasteiger partial charge in [0.05, 0.1) is 12.0 Å². The predicted molar refractivity (Wildman–Crippen MR) is 61.0 cm³/mol. The number of carbonyl (C=O) groups is 1. The largest absolute Gasteiger partial charge is 0.383 e. The van der Waals surface area contributed by atoms with Gasteiger partial charge < -0.3 is 9.64 Å². The molecule has 0 aromatic rings. The van der Waals surface area contributed by atoms with Gasteiger partial charge in [0.2, 0.25) is 5.91 Å². The Balaban J connectivity index is 2.31. The van der Waals surface area contributed by atoms with Crippen LogP contribution >= 0.6 is 11.6 Å². The number of amides is 1. The summed E-state index contributed by atoms with van der Waals surface area (Å²) in [6.07, 6.45) is 2.40. The van der Waals surface area contributed by atoms with E-state index in [9.17, 15) is 4.79 Å². The van der Waals surface area contributed by atoms with Gasteiger partial charge in [-0.3, -0.25) is 4.79 Å². The van der Waals surface area contributed by atoms with Crippen LogP contribution in [0.5, 0.6) is 0 Å². The molecule has 0 saturated heterocycles. The summed E-state index contributed by atoms with van der Waals surface area (Å²) in [6.45, 7) is 3.05. The number of nitrogens with zero attached hydrogens (tertiary/aromatic N) is 1. The van der Waals surface area contributed by atoms with Gasteiger partial charge in [-0.25, -0.2) is 0 Å². The Kier molecular flexibility index (Phi) is 4.87. The molecule has 1 aliphatic rings. The van der Waals surface area contributed by atoms with Crippen LogP contribution in [0.25, 0.3) is 0 Å². The van der Waals surface area contributed by atoms with E-state index in [1.807, 2.05) is 14.0 Å². The number of ether oxygens (including phenoxy) is 1. The van der Waals surface area contributed by atoms with Crippen LogP contribution in [0.2, 0.25) is 0 Å². The number of carbonyl (C=O) groups excluding carboxylic acids is 1. The fourth-order valence-electron chi connectivity index (χ4n) is 1.77. The van der Waals surface area contributed by atoms with Crippen molar-refractivity contribution in [2.75, 3.05) is 27.3 Å². The highest BCUT2D eigenvalue weighted by Gasteiger charge is 2.34. The summed E-state index contributed by atoms with van der Waals surface area (Å²) in [5, 5.41) is -0.115. The van der Waals surface area contributed by atoms with E-state index >= 15 is 0 Å². The van der Waals surface area contributed by atoms with Gasteiger partial charge in [-0.2, -0.15) is 0 Å². The number of hydrogen-bond acceptors (Lipinski definition) is 2. The molecular weight excluding hydrogens is 214 g/mol. The van der Waals surface area contributed by atoms with E-state index in [1.165, 1.54) is 12.8 Å². The number of halogens is 1. The lowest BCUT2D eigenvalue weighted by Crippen LogP contribution is -2.37. The van der Waals surface area contributed by atoms with Crippen molar-refractivity contribution >= 4 is 17.5 Å². The van der Waals surface area contributed by atoms with Gasteiger partial charge in [-0.1, -0.05) is 6.92 Å². The zero-order valence-corrected chi connectivity index (χ0v) is 10.5. The van der Waals surface area contributed by atoms with Gasteiger partial charge in [-0.05, 0) is 18.8 Å². The molecule has 0 bridgehead atoms. The first-order valence-electron chi connectivity index (χ1n) is 5.44. The average Bonchev–Trinajstić information content (AvgIpc) is 2.99. The molecule has 1 fully saturated rings. The molecule has 4 heteroatoms. The molecule has 2 unspecified atom stereocenters. The van der Waals surface area contributed by atoms with Crippen molar-refractivity contribution in [3.05, 3.63) is 0 Å². The van der Waals surface area contributed by atoms with E-state index in [0.29, 0.717) is 19.1 Å². The second-order valence-corrected chi connectivity index (χ2v) is 5.01. The maximum absolute atomic E-state index is 11.9. The van der Waals surface area contributed by atoms with Crippen LogP contribution in [0.15, 0.2) is 0 Å². The summed E-state index contributed by atoms with van der Waals surface area (Å²) in [4.78, 5) is 13.6. The average molecular weight is 234 g/mol. The minimum absolute atomic E-state index is 0.115. The van der Waals surface area contributed by atoms with Gasteiger partial charge >= 0.3 is 0 Å². The van der Waals surface area contributed by atoms with Crippen LogP contribution in [0, 0.1) is 11.8 Å². The molecule has 1 saturated carbocycles. The molecule has 3 nitrogen and oxygen atoms in total. The first kappa shape index (κ1) is 12.8. The van der Waals surface area contributed by atoms with Crippen molar-refractivity contribution in [3.63, 3.8) is 0 Å². The SMILES string of the molecule is COCC(Cl)CN(C)C(=O)C(C)C1CC1. The topological polar surface area (TPSA) is 29.5 Å². The summed E-state index contributed by atoms with van der Waals surface area (Å²) in [5.41, 5.74) is 0. The maximum Gasteiger partial charge on any atom is 0.225 e. The Hall–Kier alpha value is -0.280. The second kappa shape index (κ2) is 5.71. The molecule has 1 aliphatic carbocycles. The highest BCUT2D eigenvalue weighted by Crippen LogP contribution is 2.37. The Bertz CT molecular complexity index is 219. The molecule has 0 spiro atoms. The Morgan fingerprint density at radius 2 is 2.20 bits per heavy atom. The molecule has 15 heavy (non-hydrogen) atoms. The third-order valence-electron chi connectivity index (χ3n) is 2.91. The van der Waals surface area contributed by atoms with Crippen molar-refractivity contribution in [2.24, 2.45) is 11.8 Å². The van der Waals surface area contributed by atoms with Crippen LogP contribution < -0.4 is 0 Å². The Labute approximate surface area is 96.7 Å².